The number of carbonyl (C=O) groups excluding carboxylic acids is 2. The second kappa shape index (κ2) is 12.1. The fourth-order valence-corrected chi connectivity index (χ4v) is 3.77. The molecule has 2 unspecified atom stereocenters. The molecule has 3 aromatic rings. The Morgan fingerprint density at radius 2 is 1.21 bits per heavy atom. The van der Waals surface area contributed by atoms with Crippen molar-refractivity contribution >= 4 is 23.2 Å². The molecule has 2 heterocycles. The molecule has 0 bridgehead atoms. The molecule has 0 radical (unpaired) electrons. The Morgan fingerprint density at radius 3 is 1.59 bits per heavy atom. The fraction of sp³-hybridized carbons (Fsp3) is 0.500. The number of benzene rings is 1. The Kier molecular flexibility index (Phi) is 8.89. The van der Waals surface area contributed by atoms with Crippen LogP contribution in [0.4, 0.5) is 11.4 Å². The minimum Gasteiger partial charge on any atom is -0.323 e. The van der Waals surface area contributed by atoms with Crippen LogP contribution >= 0.6 is 0 Å². The zero-order valence-electron chi connectivity index (χ0n) is 20.4. The van der Waals surface area contributed by atoms with Crippen molar-refractivity contribution in [2.75, 3.05) is 10.6 Å². The van der Waals surface area contributed by atoms with Gasteiger partial charge in [-0.15, -0.1) is 10.2 Å². The van der Waals surface area contributed by atoms with E-state index < -0.39 is 0 Å². The van der Waals surface area contributed by atoms with Crippen molar-refractivity contribution in [3.05, 3.63) is 48.0 Å². The smallest absolute Gasteiger partial charge is 0.246 e. The fourth-order valence-electron chi connectivity index (χ4n) is 3.77. The molecule has 0 aliphatic carbocycles. The molecule has 182 valence electrons. The first-order valence-electron chi connectivity index (χ1n) is 11.9. The Balaban J connectivity index is 1.58. The van der Waals surface area contributed by atoms with E-state index >= 15 is 0 Å². The maximum atomic E-state index is 12.6. The lowest BCUT2D eigenvalue weighted by atomic mass is 10.0. The van der Waals surface area contributed by atoms with Gasteiger partial charge in [0.05, 0.1) is 22.8 Å². The number of hydrogen-bond acceptors (Lipinski definition) is 6. The van der Waals surface area contributed by atoms with Crippen molar-refractivity contribution in [3.8, 4) is 0 Å². The summed E-state index contributed by atoms with van der Waals surface area (Å²) in [6.45, 7) is 8.52. The van der Waals surface area contributed by atoms with Crippen molar-refractivity contribution < 1.29 is 9.59 Å². The van der Waals surface area contributed by atoms with Crippen LogP contribution in [0.3, 0.4) is 0 Å². The molecular weight excluding hydrogens is 432 g/mol. The van der Waals surface area contributed by atoms with Gasteiger partial charge in [0.25, 0.3) is 0 Å². The minimum atomic E-state index is -0.257. The molecule has 1 aromatic carbocycles. The van der Waals surface area contributed by atoms with Gasteiger partial charge in [-0.1, -0.05) is 63.1 Å². The molecule has 2 N–H and O–H groups in total. The van der Waals surface area contributed by atoms with Crippen LogP contribution in [0.5, 0.6) is 0 Å². The normalized spacial score (nSPS) is 12.8. The highest BCUT2D eigenvalue weighted by Gasteiger charge is 2.15. The van der Waals surface area contributed by atoms with E-state index in [1.165, 1.54) is 9.36 Å². The third-order valence-corrected chi connectivity index (χ3v) is 5.65. The van der Waals surface area contributed by atoms with Crippen molar-refractivity contribution in [2.45, 2.75) is 78.3 Å². The van der Waals surface area contributed by atoms with Gasteiger partial charge in [0.15, 0.2) is 0 Å². The number of rotatable bonds is 12. The minimum absolute atomic E-state index is 0.0335. The molecule has 34 heavy (non-hydrogen) atoms. The second-order valence-corrected chi connectivity index (χ2v) is 8.70. The number of carbonyl (C=O) groups is 2. The zero-order valence-corrected chi connectivity index (χ0v) is 20.4. The predicted octanol–water partition coefficient (Wildman–Crippen LogP) is 3.95. The van der Waals surface area contributed by atoms with Gasteiger partial charge >= 0.3 is 0 Å². The Morgan fingerprint density at radius 1 is 0.794 bits per heavy atom. The molecular formula is C24H34N8O2. The number of nitrogens with zero attached hydrogens (tertiary/aromatic N) is 6. The molecule has 0 aliphatic rings. The highest BCUT2D eigenvalue weighted by Crippen LogP contribution is 2.22. The summed E-state index contributed by atoms with van der Waals surface area (Å²) in [4.78, 5) is 25.2. The maximum Gasteiger partial charge on any atom is 0.246 e. The Hall–Kier alpha value is -3.56. The largest absolute Gasteiger partial charge is 0.323 e. The first kappa shape index (κ1) is 25.1. The van der Waals surface area contributed by atoms with Crippen molar-refractivity contribution in [1.29, 1.82) is 0 Å². The van der Waals surface area contributed by atoms with Gasteiger partial charge in [-0.05, 0) is 25.0 Å². The van der Waals surface area contributed by atoms with Gasteiger partial charge in [-0.25, -0.2) is 9.36 Å². The van der Waals surface area contributed by atoms with Crippen molar-refractivity contribution in [2.24, 2.45) is 0 Å². The molecule has 0 fully saturated rings. The Bertz CT molecular complexity index is 1000. The highest BCUT2D eigenvalue weighted by atomic mass is 16.2. The van der Waals surface area contributed by atoms with E-state index in [0.717, 1.165) is 37.1 Å². The van der Waals surface area contributed by atoms with Crippen LogP contribution in [0, 0.1) is 0 Å². The number of aromatic nitrogens is 6. The second-order valence-electron chi connectivity index (χ2n) is 8.70. The third kappa shape index (κ3) is 6.97. The van der Waals surface area contributed by atoms with Crippen LogP contribution in [-0.2, 0) is 22.7 Å². The van der Waals surface area contributed by atoms with Crippen LogP contribution in [0.2, 0.25) is 0 Å². The van der Waals surface area contributed by atoms with Crippen molar-refractivity contribution in [1.82, 2.24) is 30.0 Å². The van der Waals surface area contributed by atoms with E-state index in [2.05, 4.69) is 59.0 Å². The van der Waals surface area contributed by atoms with Gasteiger partial charge in [-0.3, -0.25) is 9.59 Å². The van der Waals surface area contributed by atoms with Gasteiger partial charge in [-0.2, -0.15) is 0 Å². The van der Waals surface area contributed by atoms with Gasteiger partial charge in [0.1, 0.15) is 13.1 Å². The monoisotopic (exact) mass is 466 g/mol. The highest BCUT2D eigenvalue weighted by molar-refractivity contribution is 5.99. The molecule has 2 amide bonds. The first-order valence-corrected chi connectivity index (χ1v) is 11.9. The summed E-state index contributed by atoms with van der Waals surface area (Å²) >= 11 is 0. The molecule has 0 saturated carbocycles. The molecule has 2 aromatic heterocycles. The summed E-state index contributed by atoms with van der Waals surface area (Å²) in [5, 5.41) is 22.2. The number of hydrogen-bond donors (Lipinski definition) is 2. The lowest BCUT2D eigenvalue weighted by molar-refractivity contribution is -0.117. The molecule has 2 atom stereocenters. The lowest BCUT2D eigenvalue weighted by Gasteiger charge is -2.12. The summed E-state index contributed by atoms with van der Waals surface area (Å²) in [5.41, 5.74) is 2.78. The molecule has 3 rings (SSSR count). The van der Waals surface area contributed by atoms with Gasteiger partial charge in [0, 0.05) is 24.2 Å². The third-order valence-electron chi connectivity index (χ3n) is 5.65. The quantitative estimate of drug-likeness (QED) is 0.417. The first-order chi connectivity index (χ1) is 16.4. The summed E-state index contributed by atoms with van der Waals surface area (Å²) in [6, 6.07) is 7.07. The summed E-state index contributed by atoms with van der Waals surface area (Å²) in [5.74, 6) is 0.0848. The maximum absolute atomic E-state index is 12.6. The SMILES string of the molecule is CCCC(C)c1cn(CC(=O)Nc2ccccc2NC(=O)Cn2cc(C(C)CCC)nn2)nn1. The molecule has 0 aliphatic heterocycles. The van der Waals surface area contributed by atoms with E-state index in [1.54, 1.807) is 36.7 Å². The summed E-state index contributed by atoms with van der Waals surface area (Å²) in [7, 11) is 0. The topological polar surface area (TPSA) is 120 Å². The van der Waals surface area contributed by atoms with Crippen LogP contribution in [0.25, 0.3) is 0 Å². The number of amides is 2. The molecule has 10 nitrogen and oxygen atoms in total. The van der Waals surface area contributed by atoms with Crippen LogP contribution < -0.4 is 10.6 Å². The number of nitrogens with one attached hydrogen (secondary N) is 2. The molecule has 10 heteroatoms. The van der Waals surface area contributed by atoms with E-state index in [1.807, 2.05) is 0 Å². The van der Waals surface area contributed by atoms with E-state index in [9.17, 15) is 9.59 Å². The average molecular weight is 467 g/mol. The summed E-state index contributed by atoms with van der Waals surface area (Å²) in [6.07, 6.45) is 7.78. The van der Waals surface area contributed by atoms with E-state index in [0.29, 0.717) is 23.2 Å². The van der Waals surface area contributed by atoms with Crippen LogP contribution in [-0.4, -0.2) is 41.8 Å². The zero-order chi connectivity index (χ0) is 24.5. The summed E-state index contributed by atoms with van der Waals surface area (Å²) < 4.78 is 3.06. The van der Waals surface area contributed by atoms with Crippen molar-refractivity contribution in [3.63, 3.8) is 0 Å². The Labute approximate surface area is 200 Å². The van der Waals surface area contributed by atoms with Gasteiger partial charge < -0.3 is 10.6 Å². The standard InChI is InChI=1S/C24H34N8O2/c1-5-9-17(3)21-13-31(29-27-21)15-23(33)25-19-11-7-8-12-20(19)26-24(34)16-32-14-22(28-30-32)18(4)10-6-2/h7-8,11-14,17-18H,5-6,9-10,15-16H2,1-4H3,(H,25,33)(H,26,34). The van der Waals surface area contributed by atoms with Crippen LogP contribution in [0.1, 0.15) is 76.6 Å². The number of anilines is 2. The average Bonchev–Trinajstić information content (AvgIpc) is 3.45. The molecule has 0 spiro atoms. The van der Waals surface area contributed by atoms with Crippen LogP contribution in [0.15, 0.2) is 36.7 Å². The van der Waals surface area contributed by atoms with E-state index in [-0.39, 0.29) is 24.9 Å². The molecule has 0 saturated heterocycles. The van der Waals surface area contributed by atoms with Gasteiger partial charge in [0.2, 0.25) is 11.8 Å². The van der Waals surface area contributed by atoms with E-state index in [4.69, 9.17) is 0 Å². The number of para-hydroxylation sites is 2. The predicted molar refractivity (Wildman–Crippen MR) is 130 cm³/mol. The lowest BCUT2D eigenvalue weighted by Crippen LogP contribution is -2.22.